The zero-order valence-electron chi connectivity index (χ0n) is 15.8. The lowest BCUT2D eigenvalue weighted by atomic mass is 10.1. The zero-order chi connectivity index (χ0) is 20.4. The number of hydrogen-bond donors (Lipinski definition) is 1. The average Bonchev–Trinajstić information content (AvgIpc) is 3.31. The number of hydrogen-bond acceptors (Lipinski definition) is 7. The van der Waals surface area contributed by atoms with Crippen molar-refractivity contribution in [3.8, 4) is 22.9 Å². The lowest BCUT2D eigenvalue weighted by Crippen LogP contribution is -2.31. The molecule has 29 heavy (non-hydrogen) atoms. The van der Waals surface area contributed by atoms with E-state index in [0.29, 0.717) is 36.5 Å². The van der Waals surface area contributed by atoms with Crippen molar-refractivity contribution in [2.75, 3.05) is 24.6 Å². The monoisotopic (exact) mass is 389 g/mol. The summed E-state index contributed by atoms with van der Waals surface area (Å²) in [6, 6.07) is 7.42. The number of pyridine rings is 2. The van der Waals surface area contributed by atoms with Crippen LogP contribution in [0, 0.1) is 11.3 Å². The third-order valence-electron chi connectivity index (χ3n) is 4.93. The van der Waals surface area contributed by atoms with Crippen LogP contribution in [0.4, 0.5) is 5.82 Å². The van der Waals surface area contributed by atoms with Crippen LogP contribution in [0.3, 0.4) is 0 Å². The highest BCUT2D eigenvalue weighted by atomic mass is 16.5. The summed E-state index contributed by atoms with van der Waals surface area (Å²) in [5.41, 5.74) is 17.6. The number of nitrogens with zero attached hydrogens (tertiary/aromatic N) is 8. The minimum absolute atomic E-state index is 0.222. The van der Waals surface area contributed by atoms with Crippen molar-refractivity contribution in [3.63, 3.8) is 0 Å². The molecule has 10 heteroatoms. The van der Waals surface area contributed by atoms with Gasteiger partial charge in [-0.3, -0.25) is 0 Å². The Morgan fingerprint density at radius 2 is 2.28 bits per heavy atom. The smallest absolute Gasteiger partial charge is 0.138 e. The standard InChI is InChI=1S/C19H19N9O/c1-2-29-14-5-15(19-13(6-20)8-24-28(19)9-14)12-3-4-18(23-7-12)27-10-16(21)17(11-27)25-26-22/h3-5,7-9,16-17H,2,10-11,21H2,1H3/t16-,17-/m1/s1. The molecule has 1 aliphatic heterocycles. The number of ether oxygens (including phenoxy) is 1. The Kier molecular flexibility index (Phi) is 4.91. The van der Waals surface area contributed by atoms with E-state index in [4.69, 9.17) is 16.0 Å². The van der Waals surface area contributed by atoms with Crippen molar-refractivity contribution in [2.24, 2.45) is 10.8 Å². The number of anilines is 1. The van der Waals surface area contributed by atoms with Crippen LogP contribution in [0.15, 0.2) is 41.9 Å². The lowest BCUT2D eigenvalue weighted by Gasteiger charge is -2.17. The number of azide groups is 1. The highest BCUT2D eigenvalue weighted by Gasteiger charge is 2.30. The van der Waals surface area contributed by atoms with Crippen molar-refractivity contribution in [1.82, 2.24) is 14.6 Å². The summed E-state index contributed by atoms with van der Waals surface area (Å²) in [7, 11) is 0. The Balaban J connectivity index is 1.71. The third kappa shape index (κ3) is 3.40. The highest BCUT2D eigenvalue weighted by molar-refractivity contribution is 5.85. The maximum Gasteiger partial charge on any atom is 0.138 e. The van der Waals surface area contributed by atoms with E-state index in [0.717, 1.165) is 16.9 Å². The van der Waals surface area contributed by atoms with Crippen LogP contribution in [0.1, 0.15) is 12.5 Å². The van der Waals surface area contributed by atoms with Gasteiger partial charge in [0.2, 0.25) is 0 Å². The predicted molar refractivity (Wildman–Crippen MR) is 107 cm³/mol. The fourth-order valence-corrected chi connectivity index (χ4v) is 3.56. The Hall–Kier alpha value is -3.80. The van der Waals surface area contributed by atoms with Gasteiger partial charge in [0.15, 0.2) is 0 Å². The second kappa shape index (κ2) is 7.67. The van der Waals surface area contributed by atoms with Gasteiger partial charge in [-0.15, -0.1) is 0 Å². The van der Waals surface area contributed by atoms with Crippen molar-refractivity contribution in [1.29, 1.82) is 5.26 Å². The molecule has 0 saturated carbocycles. The van der Waals surface area contributed by atoms with Gasteiger partial charge < -0.3 is 15.4 Å². The molecule has 0 amide bonds. The normalized spacial score (nSPS) is 18.4. The molecule has 2 N–H and O–H groups in total. The van der Waals surface area contributed by atoms with Gasteiger partial charge in [-0.2, -0.15) is 10.4 Å². The molecule has 0 radical (unpaired) electrons. The minimum Gasteiger partial charge on any atom is -0.492 e. The molecule has 0 unspecified atom stereocenters. The van der Waals surface area contributed by atoms with Gasteiger partial charge in [-0.1, -0.05) is 5.11 Å². The van der Waals surface area contributed by atoms with E-state index in [1.807, 2.05) is 30.0 Å². The molecule has 1 aliphatic rings. The van der Waals surface area contributed by atoms with Crippen molar-refractivity contribution < 1.29 is 4.74 Å². The fraction of sp³-hybridized carbons (Fsp3) is 0.316. The van der Waals surface area contributed by atoms with E-state index >= 15 is 0 Å². The van der Waals surface area contributed by atoms with Crippen LogP contribution in [0.25, 0.3) is 27.1 Å². The Bertz CT molecular complexity index is 1130. The second-order valence-electron chi connectivity index (χ2n) is 6.73. The molecule has 0 spiro atoms. The first-order valence-electron chi connectivity index (χ1n) is 9.20. The van der Waals surface area contributed by atoms with Gasteiger partial charge in [-0.05, 0) is 30.7 Å². The lowest BCUT2D eigenvalue weighted by molar-refractivity contribution is 0.338. The number of fused-ring (bicyclic) bond motifs is 1. The topological polar surface area (TPSA) is 141 Å². The fourth-order valence-electron chi connectivity index (χ4n) is 3.56. The van der Waals surface area contributed by atoms with Crippen LogP contribution >= 0.6 is 0 Å². The molecule has 0 aromatic carbocycles. The number of nitrogens with two attached hydrogens (primary N) is 1. The van der Waals surface area contributed by atoms with Crippen LogP contribution in [0.2, 0.25) is 0 Å². The van der Waals surface area contributed by atoms with E-state index in [2.05, 4.69) is 26.2 Å². The highest BCUT2D eigenvalue weighted by Crippen LogP contribution is 2.31. The van der Waals surface area contributed by atoms with Crippen molar-refractivity contribution in [2.45, 2.75) is 19.0 Å². The van der Waals surface area contributed by atoms with E-state index in [-0.39, 0.29) is 12.1 Å². The predicted octanol–water partition coefficient (Wildman–Crippen LogP) is 2.49. The minimum atomic E-state index is -0.269. The molecule has 4 heterocycles. The number of aromatic nitrogens is 3. The van der Waals surface area contributed by atoms with Gasteiger partial charge in [0.25, 0.3) is 0 Å². The molecular weight excluding hydrogens is 370 g/mol. The zero-order valence-corrected chi connectivity index (χ0v) is 15.8. The van der Waals surface area contributed by atoms with E-state index in [9.17, 15) is 5.26 Å². The summed E-state index contributed by atoms with van der Waals surface area (Å²) in [6.07, 6.45) is 5.05. The third-order valence-corrected chi connectivity index (χ3v) is 4.93. The van der Waals surface area contributed by atoms with Gasteiger partial charge in [0, 0.05) is 41.4 Å². The summed E-state index contributed by atoms with van der Waals surface area (Å²) >= 11 is 0. The maximum absolute atomic E-state index is 9.45. The first kappa shape index (κ1) is 18.6. The Labute approximate surface area is 166 Å². The van der Waals surface area contributed by atoms with E-state index < -0.39 is 0 Å². The van der Waals surface area contributed by atoms with Gasteiger partial charge in [0.05, 0.1) is 36.1 Å². The average molecular weight is 389 g/mol. The first-order chi connectivity index (χ1) is 14.1. The molecule has 10 nitrogen and oxygen atoms in total. The Morgan fingerprint density at radius 1 is 1.41 bits per heavy atom. The van der Waals surface area contributed by atoms with Gasteiger partial charge >= 0.3 is 0 Å². The summed E-state index contributed by atoms with van der Waals surface area (Å²) in [5.74, 6) is 1.42. The number of nitriles is 1. The van der Waals surface area contributed by atoms with Crippen molar-refractivity contribution in [3.05, 3.63) is 52.8 Å². The Morgan fingerprint density at radius 3 is 2.97 bits per heavy atom. The second-order valence-corrected chi connectivity index (χ2v) is 6.73. The quantitative estimate of drug-likeness (QED) is 0.404. The molecule has 4 rings (SSSR count). The molecular formula is C19H19N9O. The first-order valence-corrected chi connectivity index (χ1v) is 9.20. The van der Waals surface area contributed by atoms with Crippen LogP contribution in [-0.4, -0.2) is 46.4 Å². The molecule has 0 bridgehead atoms. The summed E-state index contributed by atoms with van der Waals surface area (Å²) in [4.78, 5) is 9.44. The molecule has 0 aliphatic carbocycles. The summed E-state index contributed by atoms with van der Waals surface area (Å²) in [5, 5.41) is 17.5. The maximum atomic E-state index is 9.45. The largest absolute Gasteiger partial charge is 0.492 e. The van der Waals surface area contributed by atoms with E-state index in [1.165, 1.54) is 6.20 Å². The molecule has 146 valence electrons. The van der Waals surface area contributed by atoms with E-state index in [1.54, 1.807) is 16.9 Å². The molecule has 3 aromatic heterocycles. The van der Waals surface area contributed by atoms with Crippen LogP contribution < -0.4 is 15.4 Å². The SMILES string of the molecule is CCOc1cc(-c2ccc(N3C[C@@H](N)[C@H](N=[N+]=[N-])C3)nc2)c2c(C#N)cnn2c1. The van der Waals surface area contributed by atoms with Crippen LogP contribution in [-0.2, 0) is 0 Å². The number of rotatable bonds is 5. The molecule has 3 aromatic rings. The van der Waals surface area contributed by atoms with Gasteiger partial charge in [0.1, 0.15) is 17.6 Å². The van der Waals surface area contributed by atoms with Gasteiger partial charge in [-0.25, -0.2) is 9.50 Å². The molecule has 2 atom stereocenters. The molecule has 1 fully saturated rings. The van der Waals surface area contributed by atoms with Crippen molar-refractivity contribution >= 4 is 11.3 Å². The molecule has 1 saturated heterocycles. The summed E-state index contributed by atoms with van der Waals surface area (Å²) < 4.78 is 7.29. The van der Waals surface area contributed by atoms with Crippen LogP contribution in [0.5, 0.6) is 5.75 Å². The summed E-state index contributed by atoms with van der Waals surface area (Å²) in [6.45, 7) is 3.54.